The summed E-state index contributed by atoms with van der Waals surface area (Å²) in [5.74, 6) is -1.12. The minimum absolute atomic E-state index is 0.0581. The summed E-state index contributed by atoms with van der Waals surface area (Å²) in [6, 6.07) is 0. The van der Waals surface area contributed by atoms with Crippen molar-refractivity contribution in [3.8, 4) is 0 Å². The zero-order valence-electron chi connectivity index (χ0n) is 12.2. The number of aromatic nitrogens is 3. The van der Waals surface area contributed by atoms with E-state index in [0.717, 1.165) is 10.5 Å². The summed E-state index contributed by atoms with van der Waals surface area (Å²) in [5, 5.41) is 0.484. The third-order valence-electron chi connectivity index (χ3n) is 3.56. The summed E-state index contributed by atoms with van der Waals surface area (Å²) in [6.07, 6.45) is 1.41. The number of carbonyl (C=O) groups is 2. The first-order chi connectivity index (χ1) is 10.8. The molecule has 2 aromatic rings. The molecule has 7 nitrogen and oxygen atoms in total. The Hall–Kier alpha value is -2.25. The zero-order valence-corrected chi connectivity index (χ0v) is 13.7. The number of pyridine rings is 1. The highest BCUT2D eigenvalue weighted by atomic mass is 35.5. The highest BCUT2D eigenvalue weighted by Gasteiger charge is 2.38. The number of nitrogens with zero attached hydrogens (tertiary/aromatic N) is 4. The van der Waals surface area contributed by atoms with Gasteiger partial charge in [-0.25, -0.2) is 9.88 Å². The van der Waals surface area contributed by atoms with Crippen molar-refractivity contribution in [2.24, 2.45) is 0 Å². The molecular formula is C14H11Cl2N5O2. The normalized spacial score (nSPS) is 13.4. The lowest BCUT2D eigenvalue weighted by molar-refractivity contribution is -0.116. The van der Waals surface area contributed by atoms with Crippen molar-refractivity contribution in [2.45, 2.75) is 20.3 Å². The van der Waals surface area contributed by atoms with E-state index in [1.807, 2.05) is 0 Å². The molecule has 23 heavy (non-hydrogen) atoms. The maximum Gasteiger partial charge on any atom is 0.285 e. The van der Waals surface area contributed by atoms with Gasteiger partial charge in [0.05, 0.1) is 11.4 Å². The highest BCUT2D eigenvalue weighted by Crippen LogP contribution is 2.33. The number of rotatable bonds is 1. The van der Waals surface area contributed by atoms with Gasteiger partial charge in [-0.05, 0) is 25.0 Å². The van der Waals surface area contributed by atoms with Crippen molar-refractivity contribution in [3.63, 3.8) is 0 Å². The smallest absolute Gasteiger partial charge is 0.285 e. The molecule has 0 fully saturated rings. The molecule has 1 aliphatic heterocycles. The molecule has 3 heterocycles. The van der Waals surface area contributed by atoms with Crippen LogP contribution in [0.1, 0.15) is 27.2 Å². The molecule has 2 aromatic heterocycles. The molecule has 0 spiro atoms. The van der Waals surface area contributed by atoms with E-state index >= 15 is 0 Å². The van der Waals surface area contributed by atoms with E-state index in [1.165, 1.54) is 6.20 Å². The fourth-order valence-electron chi connectivity index (χ4n) is 2.39. The number of nitrogen functional groups attached to an aromatic ring is 1. The summed E-state index contributed by atoms with van der Waals surface area (Å²) in [7, 11) is 0. The Balaban J connectivity index is 2.12. The van der Waals surface area contributed by atoms with Gasteiger partial charge in [-0.15, -0.1) is 0 Å². The van der Waals surface area contributed by atoms with Crippen LogP contribution in [0.15, 0.2) is 6.20 Å². The molecule has 9 heteroatoms. The number of hydrogen-bond acceptors (Lipinski definition) is 6. The largest absolute Gasteiger partial charge is 0.368 e. The molecule has 0 radical (unpaired) electrons. The van der Waals surface area contributed by atoms with Crippen LogP contribution in [0.25, 0.3) is 0 Å². The van der Waals surface area contributed by atoms with E-state index in [9.17, 15) is 9.59 Å². The summed E-state index contributed by atoms with van der Waals surface area (Å²) in [4.78, 5) is 37.8. The lowest BCUT2D eigenvalue weighted by Crippen LogP contribution is -2.35. The number of carbonyl (C=O) groups excluding carboxylic acids is 2. The van der Waals surface area contributed by atoms with Gasteiger partial charge in [0.2, 0.25) is 11.9 Å². The Morgan fingerprint density at radius 3 is 2.70 bits per heavy atom. The summed E-state index contributed by atoms with van der Waals surface area (Å²) in [5.41, 5.74) is 7.24. The second-order valence-corrected chi connectivity index (χ2v) is 5.85. The molecule has 2 N–H and O–H groups in total. The molecule has 2 amide bonds. The first-order valence-corrected chi connectivity index (χ1v) is 7.37. The van der Waals surface area contributed by atoms with Crippen LogP contribution < -0.4 is 10.6 Å². The minimum atomic E-state index is -0.623. The second kappa shape index (κ2) is 5.43. The number of aryl methyl sites for hydroxylation is 1. The van der Waals surface area contributed by atoms with Crippen molar-refractivity contribution in [1.29, 1.82) is 0 Å². The fraction of sp³-hybridized carbons (Fsp3) is 0.214. The lowest BCUT2D eigenvalue weighted by Gasteiger charge is -2.16. The third-order valence-corrected chi connectivity index (χ3v) is 4.46. The van der Waals surface area contributed by atoms with Crippen molar-refractivity contribution >= 4 is 46.8 Å². The average Bonchev–Trinajstić information content (AvgIpc) is 2.81. The first kappa shape index (κ1) is 15.6. The van der Waals surface area contributed by atoms with Crippen LogP contribution in [0.2, 0.25) is 10.2 Å². The standard InChI is InChI=1S/C14H11Cl2N5O2/c1-5-4-18-10(6(2)9(5)15)13(23)21-8(22)3-7-11(16)19-14(17)20-12(7)21/h4H,3H2,1-2H3,(H2,17,19,20). The Bertz CT molecular complexity index is 869. The Kier molecular flexibility index (Phi) is 3.69. The van der Waals surface area contributed by atoms with Gasteiger partial charge in [-0.2, -0.15) is 4.98 Å². The summed E-state index contributed by atoms with van der Waals surface area (Å²) >= 11 is 12.1. The Labute approximate surface area is 141 Å². The molecule has 1 aliphatic rings. The topological polar surface area (TPSA) is 102 Å². The van der Waals surface area contributed by atoms with Gasteiger partial charge in [0.15, 0.2) is 5.82 Å². The Morgan fingerprint density at radius 2 is 2.00 bits per heavy atom. The summed E-state index contributed by atoms with van der Waals surface area (Å²) < 4.78 is 0. The van der Waals surface area contributed by atoms with E-state index in [2.05, 4.69) is 15.0 Å². The van der Waals surface area contributed by atoms with Crippen LogP contribution in [-0.2, 0) is 11.2 Å². The number of hydrogen-bond donors (Lipinski definition) is 1. The zero-order chi connectivity index (χ0) is 16.9. The van der Waals surface area contributed by atoms with Crippen molar-refractivity contribution in [3.05, 3.63) is 38.8 Å². The van der Waals surface area contributed by atoms with Gasteiger partial charge in [0, 0.05) is 11.8 Å². The Morgan fingerprint density at radius 1 is 1.30 bits per heavy atom. The molecule has 0 aliphatic carbocycles. The lowest BCUT2D eigenvalue weighted by atomic mass is 10.1. The predicted octanol–water partition coefficient (Wildman–Crippen LogP) is 2.11. The number of fused-ring (bicyclic) bond motifs is 1. The molecule has 0 saturated heterocycles. The number of halogens is 2. The fourth-order valence-corrected chi connectivity index (χ4v) is 2.77. The maximum absolute atomic E-state index is 12.8. The maximum atomic E-state index is 12.8. The second-order valence-electron chi connectivity index (χ2n) is 5.11. The van der Waals surface area contributed by atoms with E-state index in [0.29, 0.717) is 16.1 Å². The van der Waals surface area contributed by atoms with E-state index in [-0.39, 0.29) is 29.0 Å². The highest BCUT2D eigenvalue weighted by molar-refractivity contribution is 6.34. The molecule has 0 bridgehead atoms. The van der Waals surface area contributed by atoms with Gasteiger partial charge < -0.3 is 5.73 Å². The van der Waals surface area contributed by atoms with Crippen LogP contribution in [0.3, 0.4) is 0 Å². The van der Waals surface area contributed by atoms with Gasteiger partial charge in [0.1, 0.15) is 10.8 Å². The van der Waals surface area contributed by atoms with Gasteiger partial charge >= 0.3 is 0 Å². The van der Waals surface area contributed by atoms with Gasteiger partial charge in [-0.1, -0.05) is 23.2 Å². The SMILES string of the molecule is Cc1cnc(C(=O)N2C(=O)Cc3c(Cl)nc(N)nc32)c(C)c1Cl. The molecule has 0 unspecified atom stereocenters. The molecule has 0 atom stereocenters. The summed E-state index contributed by atoms with van der Waals surface area (Å²) in [6.45, 7) is 3.44. The van der Waals surface area contributed by atoms with E-state index in [4.69, 9.17) is 28.9 Å². The van der Waals surface area contributed by atoms with Crippen LogP contribution in [-0.4, -0.2) is 26.8 Å². The molecule has 0 saturated carbocycles. The van der Waals surface area contributed by atoms with Crippen LogP contribution >= 0.6 is 23.2 Å². The number of anilines is 2. The molecule has 3 rings (SSSR count). The predicted molar refractivity (Wildman–Crippen MR) is 85.7 cm³/mol. The van der Waals surface area contributed by atoms with Gasteiger partial charge in [-0.3, -0.25) is 14.6 Å². The monoisotopic (exact) mass is 351 g/mol. The molecule has 118 valence electrons. The molecular weight excluding hydrogens is 341 g/mol. The van der Waals surface area contributed by atoms with E-state index < -0.39 is 11.8 Å². The number of amides is 2. The van der Waals surface area contributed by atoms with Crippen LogP contribution in [0.5, 0.6) is 0 Å². The molecule has 0 aromatic carbocycles. The van der Waals surface area contributed by atoms with Crippen molar-refractivity contribution in [2.75, 3.05) is 10.6 Å². The van der Waals surface area contributed by atoms with E-state index in [1.54, 1.807) is 13.8 Å². The number of nitrogens with two attached hydrogens (primary N) is 1. The average molecular weight is 352 g/mol. The third kappa shape index (κ3) is 2.42. The van der Waals surface area contributed by atoms with Crippen LogP contribution in [0.4, 0.5) is 11.8 Å². The van der Waals surface area contributed by atoms with Crippen molar-refractivity contribution in [1.82, 2.24) is 15.0 Å². The van der Waals surface area contributed by atoms with Crippen LogP contribution in [0, 0.1) is 13.8 Å². The quantitative estimate of drug-likeness (QED) is 0.623. The minimum Gasteiger partial charge on any atom is -0.368 e. The first-order valence-electron chi connectivity index (χ1n) is 6.62. The number of imide groups is 1. The van der Waals surface area contributed by atoms with Crippen molar-refractivity contribution < 1.29 is 9.59 Å². The van der Waals surface area contributed by atoms with Gasteiger partial charge in [0.25, 0.3) is 5.91 Å².